The summed E-state index contributed by atoms with van der Waals surface area (Å²) >= 11 is 5.41. The molecule has 1 fully saturated rings. The van der Waals surface area contributed by atoms with Crippen LogP contribution in [0.15, 0.2) is 47.5 Å². The molecule has 1 aliphatic heterocycles. The van der Waals surface area contributed by atoms with Crippen molar-refractivity contribution >= 4 is 22.2 Å². The lowest BCUT2D eigenvalue weighted by Gasteiger charge is -2.26. The van der Waals surface area contributed by atoms with Crippen molar-refractivity contribution in [3.63, 3.8) is 0 Å². The van der Waals surface area contributed by atoms with Gasteiger partial charge in [0.1, 0.15) is 16.9 Å². The van der Waals surface area contributed by atoms with Crippen molar-refractivity contribution in [3.8, 4) is 5.75 Å². The van der Waals surface area contributed by atoms with Crippen LogP contribution < -0.4 is 9.64 Å². The van der Waals surface area contributed by atoms with E-state index in [9.17, 15) is 8.42 Å². The van der Waals surface area contributed by atoms with Crippen LogP contribution in [0.4, 0.5) is 0 Å². The summed E-state index contributed by atoms with van der Waals surface area (Å²) in [5.74, 6) is 0.824. The summed E-state index contributed by atoms with van der Waals surface area (Å²) < 4.78 is 40.1. The third-order valence-corrected chi connectivity index (χ3v) is 6.92. The first-order valence-electron chi connectivity index (χ1n) is 9.13. The van der Waals surface area contributed by atoms with Crippen molar-refractivity contribution in [1.29, 1.82) is 0 Å². The van der Waals surface area contributed by atoms with Crippen molar-refractivity contribution in [2.24, 2.45) is 0 Å². The first-order valence-corrected chi connectivity index (χ1v) is 11.0. The molecule has 1 unspecified atom stereocenters. The van der Waals surface area contributed by atoms with Crippen LogP contribution >= 0.6 is 12.2 Å². The van der Waals surface area contributed by atoms with E-state index in [0.29, 0.717) is 37.6 Å². The molecule has 7 nitrogen and oxygen atoms in total. The Morgan fingerprint density at radius 3 is 2.46 bits per heavy atom. The molecule has 0 amide bonds. The molecular weight excluding hydrogens is 398 g/mol. The lowest BCUT2D eigenvalue weighted by Crippen LogP contribution is -3.06. The molecular formula is C19H26N3O4S2+. The highest BCUT2D eigenvalue weighted by atomic mass is 32.2. The zero-order chi connectivity index (χ0) is 20.1. The van der Waals surface area contributed by atoms with Crippen LogP contribution in [-0.2, 0) is 28.0 Å². The minimum absolute atomic E-state index is 0.264. The van der Waals surface area contributed by atoms with Crippen LogP contribution in [0.25, 0.3) is 0 Å². The van der Waals surface area contributed by atoms with Gasteiger partial charge in [-0.2, -0.15) is 4.31 Å². The number of hydrogen-bond acceptors (Lipinski definition) is 5. The van der Waals surface area contributed by atoms with E-state index in [-0.39, 0.29) is 4.90 Å². The summed E-state index contributed by atoms with van der Waals surface area (Å²) in [5.41, 5.74) is 1.17. The number of morpholine rings is 1. The SMILES string of the molecule is COc1ccc(C[NH+](C)Cn2cc(S(=O)(=O)N3CCOCC3)ccc2=S)cc1. The van der Waals surface area contributed by atoms with Gasteiger partial charge in [0.2, 0.25) is 10.0 Å². The average molecular weight is 425 g/mol. The van der Waals surface area contributed by atoms with Crippen molar-refractivity contribution in [3.05, 3.63) is 52.8 Å². The number of nitrogens with one attached hydrogen (secondary N) is 1. The predicted molar refractivity (Wildman–Crippen MR) is 108 cm³/mol. The Hall–Kier alpha value is -1.78. The van der Waals surface area contributed by atoms with Crippen LogP contribution in [0.5, 0.6) is 5.75 Å². The van der Waals surface area contributed by atoms with Gasteiger partial charge in [0.05, 0.1) is 32.3 Å². The van der Waals surface area contributed by atoms with E-state index in [4.69, 9.17) is 21.7 Å². The predicted octanol–water partition coefficient (Wildman–Crippen LogP) is 0.919. The number of ether oxygens (including phenoxy) is 2. The molecule has 1 aromatic heterocycles. The van der Waals surface area contributed by atoms with Gasteiger partial charge >= 0.3 is 0 Å². The molecule has 9 heteroatoms. The van der Waals surface area contributed by atoms with E-state index < -0.39 is 10.0 Å². The van der Waals surface area contributed by atoms with Gasteiger partial charge in [-0.05, 0) is 36.4 Å². The summed E-state index contributed by atoms with van der Waals surface area (Å²) in [6, 6.07) is 11.2. The van der Waals surface area contributed by atoms with Gasteiger partial charge in [-0.3, -0.25) is 4.57 Å². The number of methoxy groups -OCH3 is 1. The molecule has 1 aliphatic rings. The summed E-state index contributed by atoms with van der Waals surface area (Å²) in [5, 5.41) is 0. The molecule has 1 N–H and O–H groups in total. The van der Waals surface area contributed by atoms with Gasteiger partial charge in [0.25, 0.3) is 0 Å². The van der Waals surface area contributed by atoms with Gasteiger partial charge in [-0.25, -0.2) is 8.42 Å². The van der Waals surface area contributed by atoms with Gasteiger partial charge in [0.15, 0.2) is 6.67 Å². The third kappa shape index (κ3) is 4.98. The lowest BCUT2D eigenvalue weighted by molar-refractivity contribution is -0.917. The largest absolute Gasteiger partial charge is 0.497 e. The standard InChI is InChI=1S/C19H25N3O4S2/c1-20(13-16-3-5-17(25-2)6-4-16)15-21-14-18(7-8-19(21)27)28(23,24)22-9-11-26-12-10-22/h3-8,14H,9-13,15H2,1-2H3/p+1. The van der Waals surface area contributed by atoms with Crippen LogP contribution in [-0.4, -0.2) is 57.8 Å². The van der Waals surface area contributed by atoms with E-state index in [2.05, 4.69) is 7.05 Å². The summed E-state index contributed by atoms with van der Waals surface area (Å²) in [7, 11) is 0.155. The number of benzene rings is 1. The smallest absolute Gasteiger partial charge is 0.244 e. The van der Waals surface area contributed by atoms with Crippen molar-refractivity contribution in [2.45, 2.75) is 18.1 Å². The minimum Gasteiger partial charge on any atom is -0.497 e. The molecule has 2 heterocycles. The number of sulfonamides is 1. The Bertz CT molecular complexity index is 952. The number of quaternary nitrogens is 1. The first-order chi connectivity index (χ1) is 13.4. The fourth-order valence-corrected chi connectivity index (χ4v) is 4.77. The monoisotopic (exact) mass is 424 g/mol. The molecule has 1 saturated heterocycles. The second kappa shape index (κ2) is 9.15. The minimum atomic E-state index is -3.54. The molecule has 0 radical (unpaired) electrons. The average Bonchev–Trinajstić information content (AvgIpc) is 2.70. The van der Waals surface area contributed by atoms with E-state index in [1.807, 2.05) is 28.8 Å². The summed E-state index contributed by atoms with van der Waals surface area (Å²) in [4.78, 5) is 1.45. The van der Waals surface area contributed by atoms with Crippen molar-refractivity contribution < 1.29 is 22.8 Å². The van der Waals surface area contributed by atoms with Gasteiger partial charge in [-0.1, -0.05) is 12.2 Å². The molecule has 0 bridgehead atoms. The molecule has 0 aliphatic carbocycles. The fourth-order valence-electron chi connectivity index (χ4n) is 3.16. The Kier molecular flexibility index (Phi) is 6.84. The van der Waals surface area contributed by atoms with Crippen LogP contribution in [0.3, 0.4) is 0 Å². The molecule has 0 spiro atoms. The van der Waals surface area contributed by atoms with Crippen LogP contribution in [0.1, 0.15) is 5.56 Å². The second-order valence-corrected chi connectivity index (χ2v) is 9.19. The lowest BCUT2D eigenvalue weighted by atomic mass is 10.2. The Balaban J connectivity index is 1.74. The number of rotatable bonds is 7. The molecule has 3 rings (SSSR count). The fraction of sp³-hybridized carbons (Fsp3) is 0.421. The number of aromatic nitrogens is 1. The van der Waals surface area contributed by atoms with E-state index >= 15 is 0 Å². The Labute approximate surface area is 171 Å². The normalized spacial score (nSPS) is 16.6. The Morgan fingerprint density at radius 1 is 1.14 bits per heavy atom. The zero-order valence-corrected chi connectivity index (χ0v) is 17.8. The molecule has 152 valence electrons. The number of nitrogens with zero attached hydrogens (tertiary/aromatic N) is 2. The van der Waals surface area contributed by atoms with Crippen molar-refractivity contribution in [1.82, 2.24) is 8.87 Å². The van der Waals surface area contributed by atoms with E-state index in [1.165, 1.54) is 14.8 Å². The highest BCUT2D eigenvalue weighted by Crippen LogP contribution is 2.17. The Morgan fingerprint density at radius 2 is 1.82 bits per heavy atom. The molecule has 1 atom stereocenters. The number of pyridine rings is 1. The maximum atomic E-state index is 12.9. The van der Waals surface area contributed by atoms with Gasteiger partial charge in [-0.15, -0.1) is 0 Å². The van der Waals surface area contributed by atoms with Gasteiger partial charge in [0, 0.05) is 24.8 Å². The van der Waals surface area contributed by atoms with Crippen LogP contribution in [0, 0.1) is 4.64 Å². The topological polar surface area (TPSA) is 65.2 Å². The summed E-state index contributed by atoms with van der Waals surface area (Å²) in [6.07, 6.45) is 1.64. The first kappa shape index (κ1) is 20.9. The zero-order valence-electron chi connectivity index (χ0n) is 16.1. The summed E-state index contributed by atoms with van der Waals surface area (Å²) in [6.45, 7) is 2.95. The van der Waals surface area contributed by atoms with Crippen LogP contribution in [0.2, 0.25) is 0 Å². The molecule has 28 heavy (non-hydrogen) atoms. The molecule has 0 saturated carbocycles. The quantitative estimate of drug-likeness (QED) is 0.670. The molecule has 2 aromatic rings. The number of hydrogen-bond donors (Lipinski definition) is 1. The van der Waals surface area contributed by atoms with E-state index in [1.54, 1.807) is 25.4 Å². The van der Waals surface area contributed by atoms with Crippen molar-refractivity contribution in [2.75, 3.05) is 40.5 Å². The van der Waals surface area contributed by atoms with E-state index in [0.717, 1.165) is 12.3 Å². The van der Waals surface area contributed by atoms with Gasteiger partial charge < -0.3 is 14.4 Å². The maximum Gasteiger partial charge on any atom is 0.244 e. The second-order valence-electron chi connectivity index (χ2n) is 6.83. The highest BCUT2D eigenvalue weighted by molar-refractivity contribution is 7.89. The maximum absolute atomic E-state index is 12.9. The molecule has 1 aromatic carbocycles. The third-order valence-electron chi connectivity index (χ3n) is 4.67. The highest BCUT2D eigenvalue weighted by Gasteiger charge is 2.26.